The molecule has 0 aliphatic carbocycles. The number of aromatic nitrogens is 2. The van der Waals surface area contributed by atoms with Crippen LogP contribution >= 0.6 is 0 Å². The molecular weight excluding hydrogens is 242 g/mol. The fourth-order valence-corrected chi connectivity index (χ4v) is 2.23. The van der Waals surface area contributed by atoms with Crippen LogP contribution in [0.5, 0.6) is 0 Å². The second-order valence-electron chi connectivity index (χ2n) is 4.87. The van der Waals surface area contributed by atoms with Crippen LogP contribution in [-0.2, 0) is 13.6 Å². The van der Waals surface area contributed by atoms with Gasteiger partial charge in [-0.2, -0.15) is 0 Å². The summed E-state index contributed by atoms with van der Waals surface area (Å²) in [5.41, 5.74) is 8.00. The number of nitrogen functional groups attached to an aromatic ring is 1. The number of rotatable bonds is 2. The van der Waals surface area contributed by atoms with E-state index in [1.165, 1.54) is 10.8 Å². The van der Waals surface area contributed by atoms with Gasteiger partial charge in [0.05, 0.1) is 6.54 Å². The van der Waals surface area contributed by atoms with Crippen LogP contribution in [0.1, 0.15) is 16.7 Å². The first-order valence-electron chi connectivity index (χ1n) is 6.01. The number of aryl methyl sites for hydroxylation is 3. The van der Waals surface area contributed by atoms with Crippen molar-refractivity contribution >= 4 is 5.69 Å². The van der Waals surface area contributed by atoms with E-state index in [1.54, 1.807) is 7.05 Å². The lowest BCUT2D eigenvalue weighted by atomic mass is 10.1. The van der Waals surface area contributed by atoms with Gasteiger partial charge in [0.1, 0.15) is 5.69 Å². The van der Waals surface area contributed by atoms with Crippen molar-refractivity contribution < 1.29 is 0 Å². The van der Waals surface area contributed by atoms with Crippen molar-refractivity contribution in [2.24, 2.45) is 7.05 Å². The fraction of sp³-hybridized carbons (Fsp3) is 0.286. The lowest BCUT2D eigenvalue weighted by molar-refractivity contribution is 0.643. The Morgan fingerprint density at radius 2 is 1.68 bits per heavy atom. The molecule has 0 spiro atoms. The van der Waals surface area contributed by atoms with Crippen LogP contribution in [0.4, 0.5) is 5.69 Å². The minimum atomic E-state index is -0.442. The molecule has 100 valence electrons. The quantitative estimate of drug-likeness (QED) is 0.867. The Morgan fingerprint density at radius 1 is 1.11 bits per heavy atom. The molecule has 5 nitrogen and oxygen atoms in total. The second kappa shape index (κ2) is 4.76. The van der Waals surface area contributed by atoms with E-state index in [-0.39, 0.29) is 17.9 Å². The van der Waals surface area contributed by atoms with Crippen LogP contribution < -0.4 is 17.0 Å². The molecule has 0 bridgehead atoms. The summed E-state index contributed by atoms with van der Waals surface area (Å²) >= 11 is 0. The zero-order valence-corrected chi connectivity index (χ0v) is 11.3. The minimum Gasteiger partial charge on any atom is -0.393 e. The van der Waals surface area contributed by atoms with E-state index in [0.717, 1.165) is 21.3 Å². The predicted molar refractivity (Wildman–Crippen MR) is 75.4 cm³/mol. The predicted octanol–water partition coefficient (Wildman–Crippen LogP) is 0.794. The third-order valence-corrected chi connectivity index (χ3v) is 2.98. The van der Waals surface area contributed by atoms with E-state index in [2.05, 4.69) is 0 Å². The smallest absolute Gasteiger partial charge is 0.331 e. The summed E-state index contributed by atoms with van der Waals surface area (Å²) in [6.07, 6.45) is 1.35. The highest BCUT2D eigenvalue weighted by molar-refractivity contribution is 5.32. The molecule has 2 N–H and O–H groups in total. The maximum Gasteiger partial charge on any atom is 0.331 e. The molecule has 2 aromatic rings. The first kappa shape index (κ1) is 13.1. The first-order valence-corrected chi connectivity index (χ1v) is 6.01. The molecule has 0 unspecified atom stereocenters. The monoisotopic (exact) mass is 259 g/mol. The number of nitrogens with zero attached hydrogens (tertiary/aromatic N) is 2. The number of hydrogen-bond donors (Lipinski definition) is 1. The van der Waals surface area contributed by atoms with Gasteiger partial charge in [0.15, 0.2) is 0 Å². The third kappa shape index (κ3) is 2.59. The molecule has 2 rings (SSSR count). The van der Waals surface area contributed by atoms with Gasteiger partial charge >= 0.3 is 5.69 Å². The lowest BCUT2D eigenvalue weighted by Gasteiger charge is -2.09. The number of benzene rings is 1. The largest absolute Gasteiger partial charge is 0.393 e. The molecule has 0 fully saturated rings. The SMILES string of the molecule is Cc1cc(C)cc(Cn2c(=O)c(N)cn(C)c2=O)c1. The van der Waals surface area contributed by atoms with E-state index in [0.29, 0.717) is 0 Å². The maximum atomic E-state index is 12.0. The lowest BCUT2D eigenvalue weighted by Crippen LogP contribution is -2.39. The van der Waals surface area contributed by atoms with Crippen molar-refractivity contribution in [1.29, 1.82) is 0 Å². The molecule has 19 heavy (non-hydrogen) atoms. The summed E-state index contributed by atoms with van der Waals surface area (Å²) in [4.78, 5) is 23.9. The Labute approximate surface area is 110 Å². The molecule has 1 aromatic carbocycles. The van der Waals surface area contributed by atoms with Gasteiger partial charge in [-0.15, -0.1) is 0 Å². The van der Waals surface area contributed by atoms with Crippen LogP contribution in [-0.4, -0.2) is 9.13 Å². The van der Waals surface area contributed by atoms with Crippen LogP contribution in [0.3, 0.4) is 0 Å². The van der Waals surface area contributed by atoms with Gasteiger partial charge in [-0.25, -0.2) is 4.79 Å². The molecule has 1 heterocycles. The Morgan fingerprint density at radius 3 is 2.26 bits per heavy atom. The Hall–Kier alpha value is -2.30. The summed E-state index contributed by atoms with van der Waals surface area (Å²) in [5, 5.41) is 0. The molecule has 0 atom stereocenters. The van der Waals surface area contributed by atoms with E-state index >= 15 is 0 Å². The third-order valence-electron chi connectivity index (χ3n) is 2.98. The zero-order valence-electron chi connectivity index (χ0n) is 11.3. The van der Waals surface area contributed by atoms with E-state index in [4.69, 9.17) is 5.73 Å². The molecule has 5 heteroatoms. The van der Waals surface area contributed by atoms with Crippen molar-refractivity contribution in [2.45, 2.75) is 20.4 Å². The van der Waals surface area contributed by atoms with Crippen LogP contribution in [0.25, 0.3) is 0 Å². The molecule has 0 saturated heterocycles. The van der Waals surface area contributed by atoms with Crippen molar-refractivity contribution in [1.82, 2.24) is 9.13 Å². The van der Waals surface area contributed by atoms with Crippen molar-refractivity contribution in [3.8, 4) is 0 Å². The molecule has 0 aliphatic rings. The van der Waals surface area contributed by atoms with E-state index in [9.17, 15) is 9.59 Å². The van der Waals surface area contributed by atoms with Crippen LogP contribution in [0, 0.1) is 13.8 Å². The molecule has 0 amide bonds. The summed E-state index contributed by atoms with van der Waals surface area (Å²) in [6, 6.07) is 5.97. The van der Waals surface area contributed by atoms with Gasteiger partial charge in [0.25, 0.3) is 5.56 Å². The van der Waals surface area contributed by atoms with Gasteiger partial charge in [-0.05, 0) is 19.4 Å². The first-order chi connectivity index (χ1) is 8.88. The fourth-order valence-electron chi connectivity index (χ4n) is 2.23. The zero-order chi connectivity index (χ0) is 14.2. The van der Waals surface area contributed by atoms with Gasteiger partial charge < -0.3 is 10.3 Å². The molecule has 0 aliphatic heterocycles. The van der Waals surface area contributed by atoms with Crippen molar-refractivity contribution in [3.05, 3.63) is 61.9 Å². The minimum absolute atomic E-state index is 0.0754. The topological polar surface area (TPSA) is 70.0 Å². The normalized spacial score (nSPS) is 10.7. The van der Waals surface area contributed by atoms with Crippen LogP contribution in [0.2, 0.25) is 0 Å². The molecule has 0 radical (unpaired) electrons. The highest BCUT2D eigenvalue weighted by Gasteiger charge is 2.08. The average Bonchev–Trinajstić information content (AvgIpc) is 2.31. The number of nitrogens with two attached hydrogens (primary N) is 1. The van der Waals surface area contributed by atoms with E-state index in [1.807, 2.05) is 32.0 Å². The Bertz CT molecular complexity index is 687. The second-order valence-corrected chi connectivity index (χ2v) is 4.87. The Balaban J connectivity index is 2.55. The summed E-state index contributed by atoms with van der Waals surface area (Å²) in [6.45, 7) is 4.20. The maximum absolute atomic E-state index is 12.0. The molecule has 0 saturated carbocycles. The highest BCUT2D eigenvalue weighted by Crippen LogP contribution is 2.09. The van der Waals surface area contributed by atoms with E-state index < -0.39 is 5.56 Å². The van der Waals surface area contributed by atoms with Gasteiger partial charge in [0.2, 0.25) is 0 Å². The van der Waals surface area contributed by atoms with Crippen molar-refractivity contribution in [3.63, 3.8) is 0 Å². The van der Waals surface area contributed by atoms with Gasteiger partial charge in [-0.3, -0.25) is 9.36 Å². The summed E-state index contributed by atoms with van der Waals surface area (Å²) in [7, 11) is 1.58. The average molecular weight is 259 g/mol. The Kier molecular flexibility index (Phi) is 3.29. The highest BCUT2D eigenvalue weighted by atomic mass is 16.2. The standard InChI is InChI=1S/C14H17N3O2/c1-9-4-10(2)6-11(5-9)7-17-13(18)12(15)8-16(3)14(17)19/h4-6,8H,7,15H2,1-3H3. The molecule has 1 aromatic heterocycles. The summed E-state index contributed by atoms with van der Waals surface area (Å²) < 4.78 is 2.48. The summed E-state index contributed by atoms with van der Waals surface area (Å²) in [5.74, 6) is 0. The van der Waals surface area contributed by atoms with Gasteiger partial charge in [0, 0.05) is 13.2 Å². The molecular formula is C14H17N3O2. The number of hydrogen-bond acceptors (Lipinski definition) is 3. The van der Waals surface area contributed by atoms with Crippen molar-refractivity contribution in [2.75, 3.05) is 5.73 Å². The van der Waals surface area contributed by atoms with Crippen LogP contribution in [0.15, 0.2) is 34.0 Å². The van der Waals surface area contributed by atoms with Gasteiger partial charge in [-0.1, -0.05) is 29.3 Å². The number of anilines is 1.